The van der Waals surface area contributed by atoms with Crippen molar-refractivity contribution >= 4 is 11.8 Å². The highest BCUT2D eigenvalue weighted by Gasteiger charge is 2.59. The molecule has 7 heteroatoms. The second kappa shape index (κ2) is 10.5. The highest BCUT2D eigenvalue weighted by atomic mass is 16.3. The molecule has 0 spiro atoms. The van der Waals surface area contributed by atoms with Gasteiger partial charge in [-0.15, -0.1) is 0 Å². The molecule has 5 aliphatic rings. The first kappa shape index (κ1) is 27.9. The summed E-state index contributed by atoms with van der Waals surface area (Å²) in [5.74, 6) is 3.21. The molecule has 0 unspecified atom stereocenters. The van der Waals surface area contributed by atoms with Gasteiger partial charge in [-0.05, 0) is 105 Å². The van der Waals surface area contributed by atoms with Crippen LogP contribution in [0.4, 0.5) is 0 Å². The summed E-state index contributed by atoms with van der Waals surface area (Å²) in [4.78, 5) is 35.6. The van der Waals surface area contributed by atoms with Crippen molar-refractivity contribution in [2.24, 2.45) is 46.2 Å². The molecule has 4 fully saturated rings. The molecule has 1 aromatic heterocycles. The predicted molar refractivity (Wildman–Crippen MR) is 154 cm³/mol. The third-order valence-electron chi connectivity index (χ3n) is 12.5. The number of aromatic nitrogens is 2. The largest absolute Gasteiger partial charge is 0.393 e. The molecule has 2 heterocycles. The molecule has 6 rings (SSSR count). The van der Waals surface area contributed by atoms with Crippen LogP contribution in [0.1, 0.15) is 114 Å². The van der Waals surface area contributed by atoms with Gasteiger partial charge < -0.3 is 15.7 Å². The predicted octanol–water partition coefficient (Wildman–Crippen LogP) is 5.25. The van der Waals surface area contributed by atoms with Crippen molar-refractivity contribution in [3.63, 3.8) is 0 Å². The zero-order valence-electron chi connectivity index (χ0n) is 24.6. The number of carbonyl (C=O) groups excluding carboxylic acids is 2. The van der Waals surface area contributed by atoms with E-state index in [1.54, 1.807) is 11.8 Å². The number of hydrogen-bond donors (Lipinski definition) is 2. The fourth-order valence-electron chi connectivity index (χ4n) is 10.4. The van der Waals surface area contributed by atoms with E-state index in [1.807, 2.05) is 4.90 Å². The summed E-state index contributed by atoms with van der Waals surface area (Å²) < 4.78 is 0. The molecule has 7 nitrogen and oxygen atoms in total. The van der Waals surface area contributed by atoms with E-state index in [0.717, 1.165) is 49.9 Å². The van der Waals surface area contributed by atoms with Crippen LogP contribution in [-0.4, -0.2) is 51.0 Å². The molecule has 2 amide bonds. The van der Waals surface area contributed by atoms with Gasteiger partial charge in [0.1, 0.15) is 5.69 Å². The zero-order chi connectivity index (χ0) is 28.2. The van der Waals surface area contributed by atoms with E-state index in [2.05, 4.69) is 36.8 Å². The molecule has 1 saturated heterocycles. The Morgan fingerprint density at radius 2 is 1.90 bits per heavy atom. The average Bonchev–Trinajstić information content (AvgIpc) is 3.57. The van der Waals surface area contributed by atoms with Gasteiger partial charge in [0.2, 0.25) is 5.91 Å². The van der Waals surface area contributed by atoms with Gasteiger partial charge >= 0.3 is 0 Å². The summed E-state index contributed by atoms with van der Waals surface area (Å²) in [6, 6.07) is 0. The lowest BCUT2D eigenvalue weighted by Crippen LogP contribution is -2.50. The summed E-state index contributed by atoms with van der Waals surface area (Å²) >= 11 is 0. The Morgan fingerprint density at radius 3 is 2.70 bits per heavy atom. The van der Waals surface area contributed by atoms with Gasteiger partial charge in [0.15, 0.2) is 0 Å². The van der Waals surface area contributed by atoms with E-state index in [1.165, 1.54) is 38.3 Å². The molecule has 0 aromatic carbocycles. The Hall–Kier alpha value is -2.28. The molecule has 1 aliphatic heterocycles. The first-order chi connectivity index (χ1) is 19.1. The van der Waals surface area contributed by atoms with Gasteiger partial charge in [-0.3, -0.25) is 14.6 Å². The molecule has 3 saturated carbocycles. The topological polar surface area (TPSA) is 109 Å². The van der Waals surface area contributed by atoms with Crippen molar-refractivity contribution < 1.29 is 14.7 Å². The summed E-state index contributed by atoms with van der Waals surface area (Å²) in [5, 5.41) is 10.3. The van der Waals surface area contributed by atoms with Crippen molar-refractivity contribution in [1.29, 1.82) is 0 Å². The van der Waals surface area contributed by atoms with Gasteiger partial charge in [-0.1, -0.05) is 32.4 Å². The SMILES string of the molecule is C[C@H](CCC(=O)N1CC[C@H](c2nccnc2C(N)=O)C1)[C@H]1CC[C@H]2[C@@H]3CC=C4C[C@@H](O)CC[C@]4(C)[C@H]3CC[C@]12C. The molecular weight excluding hydrogens is 500 g/mol. The number of nitrogens with two attached hydrogens (primary N) is 1. The number of allylic oxidation sites excluding steroid dienone is 1. The van der Waals surface area contributed by atoms with Crippen molar-refractivity contribution in [1.82, 2.24) is 14.9 Å². The lowest BCUT2D eigenvalue weighted by atomic mass is 9.47. The van der Waals surface area contributed by atoms with Gasteiger partial charge in [-0.2, -0.15) is 0 Å². The van der Waals surface area contributed by atoms with Crippen LogP contribution in [0.3, 0.4) is 0 Å². The minimum Gasteiger partial charge on any atom is -0.393 e. The maximum absolute atomic E-state index is 13.3. The van der Waals surface area contributed by atoms with Gasteiger partial charge in [0, 0.05) is 37.8 Å². The van der Waals surface area contributed by atoms with E-state index in [-0.39, 0.29) is 29.0 Å². The van der Waals surface area contributed by atoms with Crippen LogP contribution in [0.15, 0.2) is 24.0 Å². The number of fused-ring (bicyclic) bond motifs is 5. The number of nitrogens with zero attached hydrogens (tertiary/aromatic N) is 3. The Morgan fingerprint density at radius 1 is 1.10 bits per heavy atom. The number of primary amides is 1. The van der Waals surface area contributed by atoms with Gasteiger partial charge in [0.25, 0.3) is 5.91 Å². The number of likely N-dealkylation sites (tertiary alicyclic amines) is 1. The standard InChI is InChI=1S/C33H48N4O3/c1-20(4-9-28(39)37-17-12-21(19-37)29-30(31(34)40)36-16-15-35-29)25-7-8-26-24-6-5-22-18-23(38)10-13-32(22,2)27(24)11-14-33(25,26)3/h5,15-16,20-21,23-27,38H,4,6-14,17-19H2,1-3H3,(H2,34,40)/t20-,21+,23+,24+,25-,26+,27+,32+,33-/m1/s1. The van der Waals surface area contributed by atoms with Crippen molar-refractivity contribution in [3.05, 3.63) is 35.4 Å². The van der Waals surface area contributed by atoms with E-state index < -0.39 is 5.91 Å². The van der Waals surface area contributed by atoms with Crippen LogP contribution in [0, 0.1) is 40.4 Å². The molecule has 40 heavy (non-hydrogen) atoms. The summed E-state index contributed by atoms with van der Waals surface area (Å²) in [6.07, 6.45) is 17.2. The molecule has 0 bridgehead atoms. The molecule has 9 atom stereocenters. The second-order valence-electron chi connectivity index (χ2n) is 14.4. The van der Waals surface area contributed by atoms with Crippen LogP contribution in [0.2, 0.25) is 0 Å². The minimum atomic E-state index is -0.560. The minimum absolute atomic E-state index is 0.0154. The normalized spacial score (nSPS) is 39.6. The van der Waals surface area contributed by atoms with E-state index in [4.69, 9.17) is 5.73 Å². The van der Waals surface area contributed by atoms with E-state index >= 15 is 0 Å². The lowest BCUT2D eigenvalue weighted by Gasteiger charge is -2.58. The van der Waals surface area contributed by atoms with Gasteiger partial charge in [0.05, 0.1) is 11.8 Å². The fourth-order valence-corrected chi connectivity index (χ4v) is 10.4. The summed E-state index contributed by atoms with van der Waals surface area (Å²) in [5.41, 5.74) is 8.58. The fraction of sp³-hybridized carbons (Fsp3) is 0.758. The van der Waals surface area contributed by atoms with Crippen LogP contribution >= 0.6 is 0 Å². The quantitative estimate of drug-likeness (QED) is 0.472. The summed E-state index contributed by atoms with van der Waals surface area (Å²) in [7, 11) is 0. The Labute approximate surface area is 239 Å². The smallest absolute Gasteiger partial charge is 0.269 e. The first-order valence-electron chi connectivity index (χ1n) is 15.9. The summed E-state index contributed by atoms with van der Waals surface area (Å²) in [6.45, 7) is 8.77. The third-order valence-corrected chi connectivity index (χ3v) is 12.5. The van der Waals surface area contributed by atoms with Crippen LogP contribution in [-0.2, 0) is 4.79 Å². The number of aliphatic hydroxyl groups excluding tert-OH is 1. The van der Waals surface area contributed by atoms with Crippen molar-refractivity contribution in [3.8, 4) is 0 Å². The van der Waals surface area contributed by atoms with Crippen molar-refractivity contribution in [2.75, 3.05) is 13.1 Å². The zero-order valence-corrected chi connectivity index (χ0v) is 24.6. The molecule has 0 radical (unpaired) electrons. The lowest BCUT2D eigenvalue weighted by molar-refractivity contribution is -0.130. The Balaban J connectivity index is 1.07. The maximum Gasteiger partial charge on any atom is 0.269 e. The molecule has 3 N–H and O–H groups in total. The van der Waals surface area contributed by atoms with Gasteiger partial charge in [-0.25, -0.2) is 4.98 Å². The third kappa shape index (κ3) is 4.60. The second-order valence-corrected chi connectivity index (χ2v) is 14.4. The maximum atomic E-state index is 13.3. The number of aliphatic hydroxyl groups is 1. The number of hydrogen-bond acceptors (Lipinski definition) is 5. The molecule has 218 valence electrons. The molecule has 1 aromatic rings. The van der Waals surface area contributed by atoms with Crippen LogP contribution in [0.5, 0.6) is 0 Å². The number of carbonyl (C=O) groups is 2. The number of rotatable bonds is 6. The van der Waals surface area contributed by atoms with Crippen LogP contribution < -0.4 is 5.73 Å². The molecule has 4 aliphatic carbocycles. The van der Waals surface area contributed by atoms with E-state index in [0.29, 0.717) is 42.5 Å². The highest BCUT2D eigenvalue weighted by molar-refractivity contribution is 5.92. The van der Waals surface area contributed by atoms with Crippen LogP contribution in [0.25, 0.3) is 0 Å². The monoisotopic (exact) mass is 548 g/mol. The highest BCUT2D eigenvalue weighted by Crippen LogP contribution is 2.67. The Bertz CT molecular complexity index is 1180. The first-order valence-corrected chi connectivity index (χ1v) is 15.9. The molecular formula is C33H48N4O3. The number of amides is 2. The van der Waals surface area contributed by atoms with Crippen molar-refractivity contribution in [2.45, 2.75) is 103 Å². The average molecular weight is 549 g/mol. The Kier molecular flexibility index (Phi) is 7.33. The van der Waals surface area contributed by atoms with E-state index in [9.17, 15) is 14.7 Å².